The molecule has 0 saturated carbocycles. The molecule has 0 unspecified atom stereocenters. The first kappa shape index (κ1) is 6.66. The minimum atomic E-state index is -1.21. The molecule has 1 aliphatic rings. The molecule has 0 atom stereocenters. The Morgan fingerprint density at radius 1 is 1.64 bits per heavy atom. The number of hydrogen-bond acceptors (Lipinski definition) is 5. The van der Waals surface area contributed by atoms with Crippen LogP contribution in [0.25, 0.3) is 0 Å². The summed E-state index contributed by atoms with van der Waals surface area (Å²) in [5, 5.41) is 10.1. The first-order valence-electron chi connectivity index (χ1n) is 3.24. The lowest BCUT2D eigenvalue weighted by atomic mass is 10.3. The van der Waals surface area contributed by atoms with Gasteiger partial charge < -0.3 is 4.42 Å². The molecule has 5 nitrogen and oxygen atoms in total. The number of nitrogens with zero attached hydrogens (tertiary/aromatic N) is 1. The van der Waals surface area contributed by atoms with Gasteiger partial charge in [0.05, 0.1) is 12.7 Å². The topological polar surface area (TPSA) is 88.7 Å². The average Bonchev–Trinajstić information content (AvgIpc) is 2.39. The van der Waals surface area contributed by atoms with Gasteiger partial charge in [0.25, 0.3) is 0 Å². The van der Waals surface area contributed by atoms with Crippen molar-refractivity contribution in [3.05, 3.63) is 18.1 Å². The van der Waals surface area contributed by atoms with Crippen LogP contribution in [0.1, 0.15) is 5.76 Å². The van der Waals surface area contributed by atoms with E-state index >= 15 is 0 Å². The largest absolute Gasteiger partial charge is 0.467 e. The van der Waals surface area contributed by atoms with Crippen molar-refractivity contribution < 1.29 is 9.62 Å². The molecule has 0 aliphatic carbocycles. The fourth-order valence-corrected chi connectivity index (χ4v) is 1.21. The third-order valence-electron chi connectivity index (χ3n) is 1.79. The van der Waals surface area contributed by atoms with E-state index in [0.717, 1.165) is 5.06 Å². The van der Waals surface area contributed by atoms with Crippen molar-refractivity contribution in [1.82, 2.24) is 0 Å². The maximum absolute atomic E-state index is 9.32. The molecule has 0 amide bonds. The van der Waals surface area contributed by atoms with Crippen LogP contribution in [-0.4, -0.2) is 11.0 Å². The number of nitrogens with two attached hydrogens (primary N) is 2. The lowest BCUT2D eigenvalue weighted by Gasteiger charge is -2.25. The van der Waals surface area contributed by atoms with Crippen LogP contribution in [0.3, 0.4) is 0 Å². The van der Waals surface area contributed by atoms with Crippen molar-refractivity contribution >= 4 is 5.69 Å². The van der Waals surface area contributed by atoms with Gasteiger partial charge in [-0.15, -0.1) is 0 Å². The second-order valence-corrected chi connectivity index (χ2v) is 2.71. The predicted molar refractivity (Wildman–Crippen MR) is 37.8 cm³/mol. The number of fused-ring (bicyclic) bond motifs is 1. The molecule has 0 fully saturated rings. The van der Waals surface area contributed by atoms with Gasteiger partial charge in [-0.05, 0) is 0 Å². The standard InChI is InChI=1S/C6H9N3O2/c7-6(8)3-5-4(9(6)10)1-2-11-5/h1-2,10H,3,7-8H2. The van der Waals surface area contributed by atoms with Gasteiger partial charge >= 0.3 is 0 Å². The summed E-state index contributed by atoms with van der Waals surface area (Å²) in [4.78, 5) is 0. The zero-order chi connectivity index (χ0) is 8.06. The van der Waals surface area contributed by atoms with Crippen molar-refractivity contribution in [3.63, 3.8) is 0 Å². The molecule has 0 spiro atoms. The minimum absolute atomic E-state index is 0.325. The molecule has 0 radical (unpaired) electrons. The Balaban J connectivity index is 2.45. The van der Waals surface area contributed by atoms with E-state index in [1.165, 1.54) is 6.26 Å². The molecule has 60 valence electrons. The van der Waals surface area contributed by atoms with Crippen molar-refractivity contribution in [1.29, 1.82) is 0 Å². The molecule has 11 heavy (non-hydrogen) atoms. The van der Waals surface area contributed by atoms with Crippen LogP contribution in [0.2, 0.25) is 0 Å². The van der Waals surface area contributed by atoms with Crippen LogP contribution in [0.5, 0.6) is 0 Å². The van der Waals surface area contributed by atoms with Gasteiger partial charge in [-0.3, -0.25) is 16.7 Å². The molecule has 0 saturated heterocycles. The van der Waals surface area contributed by atoms with Crippen LogP contribution < -0.4 is 16.5 Å². The van der Waals surface area contributed by atoms with E-state index < -0.39 is 5.79 Å². The Bertz CT molecular complexity index is 281. The molecular weight excluding hydrogens is 146 g/mol. The summed E-state index contributed by atoms with van der Waals surface area (Å²) in [7, 11) is 0. The molecule has 0 aromatic carbocycles. The van der Waals surface area contributed by atoms with E-state index in [4.69, 9.17) is 15.9 Å². The quantitative estimate of drug-likeness (QED) is 0.444. The summed E-state index contributed by atoms with van der Waals surface area (Å²) in [5.41, 5.74) is 11.6. The summed E-state index contributed by atoms with van der Waals surface area (Å²) in [6.07, 6.45) is 1.81. The third kappa shape index (κ3) is 0.756. The Morgan fingerprint density at radius 2 is 2.36 bits per heavy atom. The maximum Gasteiger partial charge on any atom is 0.172 e. The van der Waals surface area contributed by atoms with Crippen LogP contribution >= 0.6 is 0 Å². The summed E-state index contributed by atoms with van der Waals surface area (Å²) >= 11 is 0. The Labute approximate surface area is 63.1 Å². The highest BCUT2D eigenvalue weighted by atomic mass is 16.5. The van der Waals surface area contributed by atoms with Crippen LogP contribution in [0.15, 0.2) is 16.7 Å². The van der Waals surface area contributed by atoms with Gasteiger partial charge in [-0.2, -0.15) is 0 Å². The Hall–Kier alpha value is -1.04. The van der Waals surface area contributed by atoms with Crippen molar-refractivity contribution in [2.45, 2.75) is 12.2 Å². The van der Waals surface area contributed by atoms with E-state index in [1.807, 2.05) is 0 Å². The lowest BCUT2D eigenvalue weighted by molar-refractivity contribution is 0.166. The molecule has 1 aromatic heterocycles. The van der Waals surface area contributed by atoms with E-state index in [9.17, 15) is 5.21 Å². The second-order valence-electron chi connectivity index (χ2n) is 2.71. The third-order valence-corrected chi connectivity index (χ3v) is 1.79. The Kier molecular flexibility index (Phi) is 1.07. The Morgan fingerprint density at radius 3 is 3.00 bits per heavy atom. The highest BCUT2D eigenvalue weighted by Gasteiger charge is 2.39. The number of hydrogen-bond donors (Lipinski definition) is 3. The lowest BCUT2D eigenvalue weighted by Crippen LogP contribution is -2.60. The molecule has 1 aliphatic heterocycles. The molecule has 0 bridgehead atoms. The monoisotopic (exact) mass is 155 g/mol. The van der Waals surface area contributed by atoms with Crippen LogP contribution in [0, 0.1) is 0 Å². The van der Waals surface area contributed by atoms with Gasteiger partial charge in [0, 0.05) is 6.07 Å². The van der Waals surface area contributed by atoms with Crippen LogP contribution in [-0.2, 0) is 6.42 Å². The summed E-state index contributed by atoms with van der Waals surface area (Å²) in [6, 6.07) is 1.62. The predicted octanol–water partition coefficient (Wildman–Crippen LogP) is -0.398. The fourth-order valence-electron chi connectivity index (χ4n) is 1.21. The molecule has 5 N–H and O–H groups in total. The van der Waals surface area contributed by atoms with E-state index in [1.54, 1.807) is 6.07 Å². The van der Waals surface area contributed by atoms with Crippen molar-refractivity contribution in [2.24, 2.45) is 11.5 Å². The SMILES string of the molecule is NC1(N)Cc2occc2N1O. The highest BCUT2D eigenvalue weighted by molar-refractivity contribution is 5.54. The van der Waals surface area contributed by atoms with Gasteiger partial charge in [0.2, 0.25) is 0 Å². The van der Waals surface area contributed by atoms with E-state index in [-0.39, 0.29) is 0 Å². The fraction of sp³-hybridized carbons (Fsp3) is 0.333. The molecule has 1 aromatic rings. The zero-order valence-electron chi connectivity index (χ0n) is 5.82. The number of furan rings is 1. The number of rotatable bonds is 0. The number of hydroxylamine groups is 1. The molecule has 2 heterocycles. The van der Waals surface area contributed by atoms with E-state index in [0.29, 0.717) is 17.9 Å². The first-order valence-corrected chi connectivity index (χ1v) is 3.24. The first-order chi connectivity index (χ1) is 5.11. The second kappa shape index (κ2) is 1.76. The average molecular weight is 155 g/mol. The summed E-state index contributed by atoms with van der Waals surface area (Å²) in [5.74, 6) is -0.590. The zero-order valence-corrected chi connectivity index (χ0v) is 5.82. The van der Waals surface area contributed by atoms with Gasteiger partial charge in [0.15, 0.2) is 5.79 Å². The summed E-state index contributed by atoms with van der Waals surface area (Å²) in [6.45, 7) is 0. The van der Waals surface area contributed by atoms with Crippen LogP contribution in [0.4, 0.5) is 5.69 Å². The van der Waals surface area contributed by atoms with Gasteiger partial charge in [-0.1, -0.05) is 0 Å². The molecule has 5 heteroatoms. The molecule has 2 rings (SSSR count). The smallest absolute Gasteiger partial charge is 0.172 e. The van der Waals surface area contributed by atoms with E-state index in [2.05, 4.69) is 0 Å². The van der Waals surface area contributed by atoms with Crippen molar-refractivity contribution in [3.8, 4) is 0 Å². The molecular formula is C6H9N3O2. The minimum Gasteiger partial charge on any atom is -0.467 e. The summed E-state index contributed by atoms with van der Waals surface area (Å²) < 4.78 is 5.02. The van der Waals surface area contributed by atoms with Crippen molar-refractivity contribution in [2.75, 3.05) is 5.06 Å². The maximum atomic E-state index is 9.32. The highest BCUT2D eigenvalue weighted by Crippen LogP contribution is 2.32. The van der Waals surface area contributed by atoms with Gasteiger partial charge in [0.1, 0.15) is 11.4 Å². The normalized spacial score (nSPS) is 20.5. The number of anilines is 1. The van der Waals surface area contributed by atoms with Gasteiger partial charge in [-0.25, -0.2) is 5.06 Å².